The molecular weight excluding hydrogens is 266 g/mol. The maximum Gasteiger partial charge on any atom is 0.133 e. The topological polar surface area (TPSA) is 32.9 Å². The minimum Gasteiger partial charge on any atom is -0.361 e. The van der Waals surface area contributed by atoms with Gasteiger partial charge in [0, 0.05) is 34.4 Å². The summed E-state index contributed by atoms with van der Waals surface area (Å²) >= 11 is 3.49. The Hall–Kier alpha value is -1.09. The van der Waals surface area contributed by atoms with Crippen LogP contribution in [0.1, 0.15) is 30.7 Å². The minimum absolute atomic E-state index is 0.398. The van der Waals surface area contributed by atoms with Crippen molar-refractivity contribution in [2.45, 2.75) is 25.2 Å². The number of benzene rings is 1. The van der Waals surface area contributed by atoms with E-state index in [-0.39, 0.29) is 0 Å². The molecule has 2 nitrogen and oxygen atoms in total. The van der Waals surface area contributed by atoms with Crippen LogP contribution in [0.3, 0.4) is 0 Å². The molecule has 1 aliphatic carbocycles. The van der Waals surface area contributed by atoms with E-state index in [2.05, 4.69) is 39.2 Å². The van der Waals surface area contributed by atoms with Gasteiger partial charge in [0.15, 0.2) is 0 Å². The van der Waals surface area contributed by atoms with Gasteiger partial charge in [-0.3, -0.25) is 4.79 Å². The summed E-state index contributed by atoms with van der Waals surface area (Å²) in [7, 11) is 0. The molecule has 0 radical (unpaired) electrons. The first-order chi connectivity index (χ1) is 7.74. The molecule has 1 unspecified atom stereocenters. The third-order valence-corrected chi connectivity index (χ3v) is 3.85. The van der Waals surface area contributed by atoms with Crippen LogP contribution in [0.2, 0.25) is 0 Å². The molecule has 16 heavy (non-hydrogen) atoms. The first kappa shape index (κ1) is 10.1. The number of rotatable bonds is 1. The molecule has 1 aliphatic rings. The molecule has 0 saturated heterocycles. The lowest BCUT2D eigenvalue weighted by molar-refractivity contribution is -0.117. The molecular formula is C13H12BrNO. The molecule has 1 fully saturated rings. The number of carbonyl (C=O) groups excluding carboxylic acids is 1. The molecule has 1 aromatic heterocycles. The fourth-order valence-electron chi connectivity index (χ4n) is 2.53. The predicted octanol–water partition coefficient (Wildman–Crippen LogP) is 3.77. The Morgan fingerprint density at radius 1 is 1.38 bits per heavy atom. The van der Waals surface area contributed by atoms with Crippen molar-refractivity contribution in [3.05, 3.63) is 34.4 Å². The number of fused-ring (bicyclic) bond motifs is 1. The van der Waals surface area contributed by atoms with E-state index in [1.165, 1.54) is 10.9 Å². The zero-order chi connectivity index (χ0) is 11.1. The van der Waals surface area contributed by atoms with E-state index < -0.39 is 0 Å². The lowest BCUT2D eigenvalue weighted by Crippen LogP contribution is -1.92. The number of aromatic nitrogens is 1. The lowest BCUT2D eigenvalue weighted by Gasteiger charge is -2.06. The van der Waals surface area contributed by atoms with Crippen LogP contribution in [-0.4, -0.2) is 10.8 Å². The molecule has 0 amide bonds. The molecule has 1 heterocycles. The zero-order valence-electron chi connectivity index (χ0n) is 8.79. The van der Waals surface area contributed by atoms with Gasteiger partial charge in [-0.25, -0.2) is 0 Å². The van der Waals surface area contributed by atoms with Crippen LogP contribution in [0.4, 0.5) is 0 Å². The summed E-state index contributed by atoms with van der Waals surface area (Å²) < 4.78 is 1.09. The molecule has 1 saturated carbocycles. The van der Waals surface area contributed by atoms with E-state index in [0.29, 0.717) is 18.1 Å². The second kappa shape index (κ2) is 3.74. The highest BCUT2D eigenvalue weighted by Crippen LogP contribution is 2.36. The second-order valence-corrected chi connectivity index (χ2v) is 5.33. The zero-order valence-corrected chi connectivity index (χ0v) is 10.4. The third kappa shape index (κ3) is 1.59. The standard InChI is InChI=1S/C13H12BrNO/c14-9-2-4-13-11(6-9)12(7-15-13)8-1-3-10(16)5-8/h2,4,6-8,15H,1,3,5H2. The monoisotopic (exact) mass is 277 g/mol. The van der Waals surface area contributed by atoms with Gasteiger partial charge in [-0.15, -0.1) is 0 Å². The van der Waals surface area contributed by atoms with Crippen molar-refractivity contribution in [3.8, 4) is 0 Å². The lowest BCUT2D eigenvalue weighted by atomic mass is 9.97. The number of H-pyrrole nitrogens is 1. The summed E-state index contributed by atoms with van der Waals surface area (Å²) in [6.45, 7) is 0. The maximum absolute atomic E-state index is 11.3. The smallest absolute Gasteiger partial charge is 0.133 e. The van der Waals surface area contributed by atoms with Crippen molar-refractivity contribution in [2.24, 2.45) is 0 Å². The molecule has 0 spiro atoms. The average Bonchev–Trinajstić information content (AvgIpc) is 2.83. The van der Waals surface area contributed by atoms with Crippen LogP contribution >= 0.6 is 15.9 Å². The van der Waals surface area contributed by atoms with Crippen molar-refractivity contribution in [1.29, 1.82) is 0 Å². The summed E-state index contributed by atoms with van der Waals surface area (Å²) in [5, 5.41) is 1.24. The number of carbonyl (C=O) groups is 1. The average molecular weight is 278 g/mol. The van der Waals surface area contributed by atoms with Crippen LogP contribution in [0.25, 0.3) is 10.9 Å². The van der Waals surface area contributed by atoms with E-state index >= 15 is 0 Å². The van der Waals surface area contributed by atoms with Gasteiger partial charge in [0.05, 0.1) is 0 Å². The number of halogens is 1. The number of aromatic amines is 1. The first-order valence-electron chi connectivity index (χ1n) is 5.52. The van der Waals surface area contributed by atoms with Gasteiger partial charge in [-0.05, 0) is 36.1 Å². The Morgan fingerprint density at radius 3 is 3.00 bits per heavy atom. The Kier molecular flexibility index (Phi) is 2.36. The predicted molar refractivity (Wildman–Crippen MR) is 67.6 cm³/mol. The van der Waals surface area contributed by atoms with Gasteiger partial charge in [0.25, 0.3) is 0 Å². The Balaban J connectivity index is 2.09. The van der Waals surface area contributed by atoms with Gasteiger partial charge in [0.1, 0.15) is 5.78 Å². The van der Waals surface area contributed by atoms with Gasteiger partial charge < -0.3 is 4.98 Å². The summed E-state index contributed by atoms with van der Waals surface area (Å²) in [5.74, 6) is 0.810. The molecule has 3 rings (SSSR count). The molecule has 0 aliphatic heterocycles. The quantitative estimate of drug-likeness (QED) is 0.846. The van der Waals surface area contributed by atoms with E-state index in [4.69, 9.17) is 0 Å². The molecule has 2 aromatic rings. The number of ketones is 1. The first-order valence-corrected chi connectivity index (χ1v) is 6.31. The molecule has 82 valence electrons. The van der Waals surface area contributed by atoms with Crippen molar-refractivity contribution < 1.29 is 4.79 Å². The van der Waals surface area contributed by atoms with Crippen LogP contribution < -0.4 is 0 Å². The highest BCUT2D eigenvalue weighted by atomic mass is 79.9. The Labute approximate surface area is 102 Å². The summed E-state index contributed by atoms with van der Waals surface area (Å²) in [5.41, 5.74) is 2.44. The van der Waals surface area contributed by atoms with E-state index in [1.807, 2.05) is 6.07 Å². The van der Waals surface area contributed by atoms with Gasteiger partial charge >= 0.3 is 0 Å². The van der Waals surface area contributed by atoms with Gasteiger partial charge in [0.2, 0.25) is 0 Å². The summed E-state index contributed by atoms with van der Waals surface area (Å²) in [6, 6.07) is 6.23. The van der Waals surface area contributed by atoms with Crippen LogP contribution in [0, 0.1) is 0 Å². The number of hydrogen-bond acceptors (Lipinski definition) is 1. The molecule has 3 heteroatoms. The fourth-order valence-corrected chi connectivity index (χ4v) is 2.89. The molecule has 1 N–H and O–H groups in total. The van der Waals surface area contributed by atoms with Crippen molar-refractivity contribution in [3.63, 3.8) is 0 Å². The third-order valence-electron chi connectivity index (χ3n) is 3.36. The van der Waals surface area contributed by atoms with Gasteiger partial charge in [-0.1, -0.05) is 15.9 Å². The minimum atomic E-state index is 0.398. The van der Waals surface area contributed by atoms with Crippen LogP contribution in [-0.2, 0) is 4.79 Å². The summed E-state index contributed by atoms with van der Waals surface area (Å²) in [4.78, 5) is 14.6. The second-order valence-electron chi connectivity index (χ2n) is 4.41. The number of Topliss-reactive ketones (excluding diaryl/α,β-unsaturated/α-hetero) is 1. The maximum atomic E-state index is 11.3. The normalized spacial score (nSPS) is 20.8. The summed E-state index contributed by atoms with van der Waals surface area (Å²) in [6.07, 6.45) is 4.50. The Bertz CT molecular complexity index is 558. The van der Waals surface area contributed by atoms with E-state index in [0.717, 1.165) is 22.8 Å². The van der Waals surface area contributed by atoms with Crippen LogP contribution in [0.5, 0.6) is 0 Å². The highest BCUT2D eigenvalue weighted by Gasteiger charge is 2.25. The highest BCUT2D eigenvalue weighted by molar-refractivity contribution is 9.10. The largest absolute Gasteiger partial charge is 0.361 e. The van der Waals surface area contributed by atoms with E-state index in [1.54, 1.807) is 0 Å². The SMILES string of the molecule is O=C1CCC(c2c[nH]c3ccc(Br)cc23)C1. The van der Waals surface area contributed by atoms with E-state index in [9.17, 15) is 4.79 Å². The van der Waals surface area contributed by atoms with Crippen molar-refractivity contribution >= 4 is 32.6 Å². The van der Waals surface area contributed by atoms with Gasteiger partial charge in [-0.2, -0.15) is 0 Å². The molecule has 1 atom stereocenters. The Morgan fingerprint density at radius 2 is 2.25 bits per heavy atom. The molecule has 1 aromatic carbocycles. The van der Waals surface area contributed by atoms with Crippen LogP contribution in [0.15, 0.2) is 28.9 Å². The van der Waals surface area contributed by atoms with Crippen molar-refractivity contribution in [2.75, 3.05) is 0 Å². The fraction of sp³-hybridized carbons (Fsp3) is 0.308. The molecule has 0 bridgehead atoms. The van der Waals surface area contributed by atoms with Crippen molar-refractivity contribution in [1.82, 2.24) is 4.98 Å². The number of hydrogen-bond donors (Lipinski definition) is 1. The number of nitrogens with one attached hydrogen (secondary N) is 1.